The van der Waals surface area contributed by atoms with Crippen molar-refractivity contribution in [1.29, 1.82) is 0 Å². The molecule has 1 fully saturated rings. The molecular weight excluding hydrogens is 266 g/mol. The van der Waals surface area contributed by atoms with Gasteiger partial charge >= 0.3 is 5.97 Å². The minimum absolute atomic E-state index is 0.0538. The Labute approximate surface area is 126 Å². The summed E-state index contributed by atoms with van der Waals surface area (Å²) in [5.74, 6) is 1.08. The second kappa shape index (κ2) is 7.91. The normalized spacial score (nSPS) is 17.0. The number of esters is 1. The summed E-state index contributed by atoms with van der Waals surface area (Å²) >= 11 is 0. The number of rotatable bonds is 6. The Kier molecular flexibility index (Phi) is 5.90. The monoisotopic (exact) mass is 291 g/mol. The van der Waals surface area contributed by atoms with Crippen molar-refractivity contribution in [2.24, 2.45) is 5.92 Å². The first-order valence-corrected chi connectivity index (χ1v) is 7.75. The third-order valence-corrected chi connectivity index (χ3v) is 4.19. The van der Waals surface area contributed by atoms with Crippen LogP contribution in [0.4, 0.5) is 5.69 Å². The molecule has 4 nitrogen and oxygen atoms in total. The molecule has 21 heavy (non-hydrogen) atoms. The van der Waals surface area contributed by atoms with Crippen molar-refractivity contribution in [3.8, 4) is 5.75 Å². The average molecular weight is 291 g/mol. The Hall–Kier alpha value is -1.71. The van der Waals surface area contributed by atoms with E-state index >= 15 is 0 Å². The fourth-order valence-electron chi connectivity index (χ4n) is 2.86. The molecule has 1 aliphatic rings. The largest absolute Gasteiger partial charge is 0.482 e. The minimum Gasteiger partial charge on any atom is -0.482 e. The molecule has 0 radical (unpaired) electrons. The highest BCUT2D eigenvalue weighted by molar-refractivity contribution is 5.70. The lowest BCUT2D eigenvalue weighted by atomic mass is 9.84. The lowest BCUT2D eigenvalue weighted by molar-refractivity contribution is -0.142. The first-order chi connectivity index (χ1) is 10.2. The maximum absolute atomic E-state index is 11.0. The van der Waals surface area contributed by atoms with E-state index in [2.05, 4.69) is 17.0 Å². The van der Waals surface area contributed by atoms with Gasteiger partial charge in [0.25, 0.3) is 0 Å². The van der Waals surface area contributed by atoms with Crippen LogP contribution in [0.25, 0.3) is 0 Å². The van der Waals surface area contributed by atoms with Crippen LogP contribution in [-0.2, 0) is 9.53 Å². The lowest BCUT2D eigenvalue weighted by Gasteiger charge is -2.29. The van der Waals surface area contributed by atoms with Crippen LogP contribution in [0.5, 0.6) is 5.75 Å². The van der Waals surface area contributed by atoms with E-state index in [1.54, 1.807) is 0 Å². The number of benzene rings is 1. The predicted molar refractivity (Wildman–Crippen MR) is 83.6 cm³/mol. The highest BCUT2D eigenvalue weighted by atomic mass is 16.6. The van der Waals surface area contributed by atoms with Crippen LogP contribution in [0, 0.1) is 5.92 Å². The number of nitrogens with one attached hydrogen (secondary N) is 1. The lowest BCUT2D eigenvalue weighted by Crippen LogP contribution is -2.27. The average Bonchev–Trinajstić information content (AvgIpc) is 2.54. The van der Waals surface area contributed by atoms with E-state index in [0.717, 1.165) is 11.6 Å². The highest BCUT2D eigenvalue weighted by Gasteiger charge is 2.19. The molecule has 1 saturated carbocycles. The SMILES string of the molecule is COC(=O)COc1ccc(NC(C)C2CCCCC2)cc1. The first-order valence-electron chi connectivity index (χ1n) is 7.75. The van der Waals surface area contributed by atoms with Crippen molar-refractivity contribution in [3.63, 3.8) is 0 Å². The number of hydrogen-bond donors (Lipinski definition) is 1. The van der Waals surface area contributed by atoms with Crippen LogP contribution in [0.2, 0.25) is 0 Å². The third kappa shape index (κ3) is 4.96. The zero-order chi connectivity index (χ0) is 15.1. The molecule has 1 aliphatic carbocycles. The summed E-state index contributed by atoms with van der Waals surface area (Å²) in [6.45, 7) is 2.21. The minimum atomic E-state index is -0.372. The Morgan fingerprint density at radius 3 is 2.52 bits per heavy atom. The Morgan fingerprint density at radius 2 is 1.90 bits per heavy atom. The van der Waals surface area contributed by atoms with Gasteiger partial charge in [-0.05, 0) is 49.9 Å². The van der Waals surface area contributed by atoms with E-state index in [1.165, 1.54) is 39.2 Å². The van der Waals surface area contributed by atoms with E-state index in [4.69, 9.17) is 4.74 Å². The van der Waals surface area contributed by atoms with E-state index in [-0.39, 0.29) is 12.6 Å². The number of ether oxygens (including phenoxy) is 2. The topological polar surface area (TPSA) is 47.6 Å². The number of anilines is 1. The number of carbonyl (C=O) groups excluding carboxylic acids is 1. The summed E-state index contributed by atoms with van der Waals surface area (Å²) in [6, 6.07) is 8.22. The van der Waals surface area contributed by atoms with Gasteiger partial charge < -0.3 is 14.8 Å². The smallest absolute Gasteiger partial charge is 0.343 e. The Morgan fingerprint density at radius 1 is 1.24 bits per heavy atom. The molecule has 1 aromatic rings. The molecule has 1 N–H and O–H groups in total. The Bertz CT molecular complexity index is 438. The van der Waals surface area contributed by atoms with Crippen LogP contribution in [-0.4, -0.2) is 25.7 Å². The van der Waals surface area contributed by atoms with Crippen LogP contribution < -0.4 is 10.1 Å². The fraction of sp³-hybridized carbons (Fsp3) is 0.588. The molecule has 116 valence electrons. The summed E-state index contributed by atoms with van der Waals surface area (Å²) in [4.78, 5) is 11.0. The zero-order valence-electron chi connectivity index (χ0n) is 12.9. The summed E-state index contributed by atoms with van der Waals surface area (Å²) in [5, 5.41) is 3.57. The molecule has 1 atom stereocenters. The van der Waals surface area contributed by atoms with Gasteiger partial charge in [-0.3, -0.25) is 0 Å². The van der Waals surface area contributed by atoms with Crippen LogP contribution >= 0.6 is 0 Å². The van der Waals surface area contributed by atoms with Crippen LogP contribution in [0.15, 0.2) is 24.3 Å². The second-order valence-corrected chi connectivity index (χ2v) is 5.72. The summed E-state index contributed by atoms with van der Waals surface area (Å²) < 4.78 is 9.87. The summed E-state index contributed by atoms with van der Waals surface area (Å²) in [5.41, 5.74) is 1.10. The maximum Gasteiger partial charge on any atom is 0.343 e. The summed E-state index contributed by atoms with van der Waals surface area (Å²) in [7, 11) is 1.35. The number of methoxy groups -OCH3 is 1. The molecule has 1 unspecified atom stereocenters. The van der Waals surface area contributed by atoms with Crippen LogP contribution in [0.1, 0.15) is 39.0 Å². The molecular formula is C17H25NO3. The van der Waals surface area contributed by atoms with Crippen molar-refractivity contribution in [2.45, 2.75) is 45.1 Å². The molecule has 0 bridgehead atoms. The quantitative estimate of drug-likeness (QED) is 0.813. The highest BCUT2D eigenvalue weighted by Crippen LogP contribution is 2.28. The number of hydrogen-bond acceptors (Lipinski definition) is 4. The van der Waals surface area contributed by atoms with Crippen molar-refractivity contribution in [3.05, 3.63) is 24.3 Å². The predicted octanol–water partition coefficient (Wildman–Crippen LogP) is 3.62. The molecule has 1 aromatic carbocycles. The van der Waals surface area contributed by atoms with Gasteiger partial charge in [0.1, 0.15) is 5.75 Å². The van der Waals surface area contributed by atoms with Gasteiger partial charge in [0.2, 0.25) is 0 Å². The van der Waals surface area contributed by atoms with Gasteiger partial charge in [0, 0.05) is 11.7 Å². The zero-order valence-corrected chi connectivity index (χ0v) is 12.9. The van der Waals surface area contributed by atoms with E-state index in [1.807, 2.05) is 24.3 Å². The summed E-state index contributed by atoms with van der Waals surface area (Å²) in [6.07, 6.45) is 6.76. The Balaban J connectivity index is 1.82. The van der Waals surface area contributed by atoms with E-state index < -0.39 is 0 Å². The molecule has 4 heteroatoms. The standard InChI is InChI=1S/C17H25NO3/c1-13(14-6-4-3-5-7-14)18-15-8-10-16(11-9-15)21-12-17(19)20-2/h8-11,13-14,18H,3-7,12H2,1-2H3. The van der Waals surface area contributed by atoms with Gasteiger partial charge in [-0.15, -0.1) is 0 Å². The van der Waals surface area contributed by atoms with Gasteiger partial charge in [-0.25, -0.2) is 4.79 Å². The molecule has 0 amide bonds. The van der Waals surface area contributed by atoms with Gasteiger partial charge in [-0.1, -0.05) is 19.3 Å². The van der Waals surface area contributed by atoms with Crippen LogP contribution in [0.3, 0.4) is 0 Å². The maximum atomic E-state index is 11.0. The first kappa shape index (κ1) is 15.7. The molecule has 0 heterocycles. The van der Waals surface area contributed by atoms with Crippen molar-refractivity contribution < 1.29 is 14.3 Å². The van der Waals surface area contributed by atoms with Gasteiger partial charge in [-0.2, -0.15) is 0 Å². The molecule has 0 aromatic heterocycles. The van der Waals surface area contributed by atoms with Gasteiger partial charge in [0.05, 0.1) is 7.11 Å². The van der Waals surface area contributed by atoms with Crippen molar-refractivity contribution in [1.82, 2.24) is 0 Å². The number of carbonyl (C=O) groups is 1. The third-order valence-electron chi connectivity index (χ3n) is 4.19. The second-order valence-electron chi connectivity index (χ2n) is 5.72. The van der Waals surface area contributed by atoms with Gasteiger partial charge in [0.15, 0.2) is 6.61 Å². The molecule has 0 saturated heterocycles. The molecule has 2 rings (SSSR count). The fourth-order valence-corrected chi connectivity index (χ4v) is 2.86. The van der Waals surface area contributed by atoms with E-state index in [0.29, 0.717) is 11.8 Å². The van der Waals surface area contributed by atoms with E-state index in [9.17, 15) is 4.79 Å². The molecule has 0 aliphatic heterocycles. The molecule has 0 spiro atoms. The van der Waals surface area contributed by atoms with Crippen molar-refractivity contribution >= 4 is 11.7 Å². The van der Waals surface area contributed by atoms with Crippen molar-refractivity contribution in [2.75, 3.05) is 19.0 Å².